The van der Waals surface area contributed by atoms with Crippen molar-refractivity contribution in [2.45, 2.75) is 19.4 Å². The van der Waals surface area contributed by atoms with E-state index in [9.17, 15) is 5.11 Å². The summed E-state index contributed by atoms with van der Waals surface area (Å²) in [5.74, 6) is 0.754. The van der Waals surface area contributed by atoms with E-state index in [0.29, 0.717) is 6.54 Å². The maximum absolute atomic E-state index is 9.46. The maximum atomic E-state index is 9.46. The molecule has 0 amide bonds. The van der Waals surface area contributed by atoms with Crippen LogP contribution in [-0.4, -0.2) is 22.2 Å². The van der Waals surface area contributed by atoms with E-state index < -0.39 is 5.60 Å². The Kier molecular flexibility index (Phi) is 3.27. The lowest BCUT2D eigenvalue weighted by molar-refractivity contribution is 0.0944. The largest absolute Gasteiger partial charge is 0.389 e. The van der Waals surface area contributed by atoms with Crippen LogP contribution < -0.4 is 5.32 Å². The zero-order valence-electron chi connectivity index (χ0n) is 7.71. The standard InChI is InChI=1S/C9H13BrN2O/c1-9(2,13)6-12-8-7(10)4-3-5-11-8/h3-5,13H,6H2,1-2H3,(H,11,12). The first-order chi connectivity index (χ1) is 5.99. The van der Waals surface area contributed by atoms with Crippen LogP contribution in [0, 0.1) is 0 Å². The average molecular weight is 245 g/mol. The molecule has 1 rings (SSSR count). The first-order valence-electron chi connectivity index (χ1n) is 4.06. The van der Waals surface area contributed by atoms with Crippen LogP contribution in [-0.2, 0) is 0 Å². The highest BCUT2D eigenvalue weighted by molar-refractivity contribution is 9.10. The van der Waals surface area contributed by atoms with Gasteiger partial charge in [0.1, 0.15) is 5.82 Å². The predicted molar refractivity (Wildman–Crippen MR) is 56.7 cm³/mol. The Hall–Kier alpha value is -0.610. The third kappa shape index (κ3) is 3.74. The van der Waals surface area contributed by atoms with Crippen LogP contribution in [0.15, 0.2) is 22.8 Å². The van der Waals surface area contributed by atoms with Crippen molar-refractivity contribution < 1.29 is 5.11 Å². The van der Waals surface area contributed by atoms with Gasteiger partial charge in [-0.15, -0.1) is 0 Å². The fourth-order valence-electron chi connectivity index (χ4n) is 0.816. The van der Waals surface area contributed by atoms with E-state index in [1.807, 2.05) is 12.1 Å². The van der Waals surface area contributed by atoms with Gasteiger partial charge in [0.25, 0.3) is 0 Å². The molecule has 0 unspecified atom stereocenters. The lowest BCUT2D eigenvalue weighted by Crippen LogP contribution is -2.29. The minimum absolute atomic E-state index is 0.475. The number of pyridine rings is 1. The van der Waals surface area contributed by atoms with Gasteiger partial charge in [-0.25, -0.2) is 4.98 Å². The number of hydrogen-bond donors (Lipinski definition) is 2. The third-order valence-electron chi connectivity index (χ3n) is 1.45. The molecule has 0 saturated heterocycles. The molecule has 1 aromatic heterocycles. The van der Waals surface area contributed by atoms with E-state index in [0.717, 1.165) is 10.3 Å². The van der Waals surface area contributed by atoms with Gasteiger partial charge in [-0.05, 0) is 41.9 Å². The molecule has 3 nitrogen and oxygen atoms in total. The Morgan fingerprint density at radius 2 is 2.31 bits per heavy atom. The van der Waals surface area contributed by atoms with Crippen LogP contribution >= 0.6 is 15.9 Å². The maximum Gasteiger partial charge on any atom is 0.140 e. The Bertz CT molecular complexity index is 283. The predicted octanol–water partition coefficient (Wildman–Crippen LogP) is 2.03. The van der Waals surface area contributed by atoms with Crippen LogP contribution in [0.1, 0.15) is 13.8 Å². The summed E-state index contributed by atoms with van der Waals surface area (Å²) in [5, 5.41) is 12.5. The Morgan fingerprint density at radius 3 is 2.85 bits per heavy atom. The van der Waals surface area contributed by atoms with Crippen molar-refractivity contribution in [3.8, 4) is 0 Å². The van der Waals surface area contributed by atoms with Gasteiger partial charge in [-0.2, -0.15) is 0 Å². The van der Waals surface area contributed by atoms with Gasteiger partial charge in [0, 0.05) is 12.7 Å². The minimum Gasteiger partial charge on any atom is -0.389 e. The van der Waals surface area contributed by atoms with E-state index in [1.54, 1.807) is 20.0 Å². The number of nitrogens with zero attached hydrogens (tertiary/aromatic N) is 1. The van der Waals surface area contributed by atoms with Crippen molar-refractivity contribution in [2.24, 2.45) is 0 Å². The lowest BCUT2D eigenvalue weighted by Gasteiger charge is -2.18. The van der Waals surface area contributed by atoms with E-state index in [4.69, 9.17) is 0 Å². The summed E-state index contributed by atoms with van der Waals surface area (Å²) in [6.45, 7) is 3.97. The molecule has 0 atom stereocenters. The number of aromatic nitrogens is 1. The molecule has 0 fully saturated rings. The minimum atomic E-state index is -0.725. The fraction of sp³-hybridized carbons (Fsp3) is 0.444. The molecule has 2 N–H and O–H groups in total. The van der Waals surface area contributed by atoms with Crippen LogP contribution in [0.4, 0.5) is 5.82 Å². The van der Waals surface area contributed by atoms with Crippen LogP contribution in [0.5, 0.6) is 0 Å². The van der Waals surface area contributed by atoms with Gasteiger partial charge < -0.3 is 10.4 Å². The molecule has 0 aromatic carbocycles. The highest BCUT2D eigenvalue weighted by Gasteiger charge is 2.12. The van der Waals surface area contributed by atoms with Gasteiger partial charge in [0.2, 0.25) is 0 Å². The first kappa shape index (κ1) is 10.5. The van der Waals surface area contributed by atoms with Crippen molar-refractivity contribution >= 4 is 21.7 Å². The van der Waals surface area contributed by atoms with E-state index in [-0.39, 0.29) is 0 Å². The molecule has 0 spiro atoms. The molecular weight excluding hydrogens is 232 g/mol. The summed E-state index contributed by atoms with van der Waals surface area (Å²) in [4.78, 5) is 4.11. The second kappa shape index (κ2) is 4.07. The van der Waals surface area contributed by atoms with Crippen LogP contribution in [0.25, 0.3) is 0 Å². The number of aliphatic hydroxyl groups is 1. The quantitative estimate of drug-likeness (QED) is 0.856. The van der Waals surface area contributed by atoms with Crippen LogP contribution in [0.2, 0.25) is 0 Å². The van der Waals surface area contributed by atoms with Gasteiger partial charge in [0.15, 0.2) is 0 Å². The highest BCUT2D eigenvalue weighted by atomic mass is 79.9. The summed E-state index contributed by atoms with van der Waals surface area (Å²) >= 11 is 3.36. The summed E-state index contributed by atoms with van der Waals surface area (Å²) in [7, 11) is 0. The zero-order chi connectivity index (χ0) is 9.90. The van der Waals surface area contributed by atoms with E-state index >= 15 is 0 Å². The summed E-state index contributed by atoms with van der Waals surface area (Å²) < 4.78 is 0.902. The SMILES string of the molecule is CC(C)(O)CNc1ncccc1Br. The first-order valence-corrected chi connectivity index (χ1v) is 4.85. The number of nitrogens with one attached hydrogen (secondary N) is 1. The number of halogens is 1. The summed E-state index contributed by atoms with van der Waals surface area (Å²) in [5.41, 5.74) is -0.725. The molecule has 4 heteroatoms. The van der Waals surface area contributed by atoms with Crippen molar-refractivity contribution in [2.75, 3.05) is 11.9 Å². The smallest absolute Gasteiger partial charge is 0.140 e. The van der Waals surface area contributed by atoms with Crippen molar-refractivity contribution in [1.82, 2.24) is 4.98 Å². The number of hydrogen-bond acceptors (Lipinski definition) is 3. The van der Waals surface area contributed by atoms with Crippen LogP contribution in [0.3, 0.4) is 0 Å². The third-order valence-corrected chi connectivity index (χ3v) is 2.09. The monoisotopic (exact) mass is 244 g/mol. The molecule has 0 bridgehead atoms. The normalized spacial score (nSPS) is 11.4. The molecule has 0 radical (unpaired) electrons. The average Bonchev–Trinajstić information content (AvgIpc) is 2.01. The summed E-state index contributed by atoms with van der Waals surface area (Å²) in [6.07, 6.45) is 1.71. The van der Waals surface area contributed by atoms with E-state index in [1.165, 1.54) is 0 Å². The van der Waals surface area contributed by atoms with E-state index in [2.05, 4.69) is 26.2 Å². The second-order valence-electron chi connectivity index (χ2n) is 3.50. The molecule has 1 heterocycles. The van der Waals surface area contributed by atoms with Crippen molar-refractivity contribution in [3.63, 3.8) is 0 Å². The number of rotatable bonds is 3. The summed E-state index contributed by atoms with van der Waals surface area (Å²) in [6, 6.07) is 3.75. The molecule has 0 aliphatic carbocycles. The van der Waals surface area contributed by atoms with Gasteiger partial charge in [-0.3, -0.25) is 0 Å². The molecule has 72 valence electrons. The van der Waals surface area contributed by atoms with Crippen molar-refractivity contribution in [1.29, 1.82) is 0 Å². The topological polar surface area (TPSA) is 45.1 Å². The second-order valence-corrected chi connectivity index (χ2v) is 4.35. The molecule has 0 saturated carbocycles. The zero-order valence-corrected chi connectivity index (χ0v) is 9.30. The molecule has 0 aliphatic heterocycles. The highest BCUT2D eigenvalue weighted by Crippen LogP contribution is 2.18. The molecule has 0 aliphatic rings. The Labute approximate surface area is 86.3 Å². The Balaban J connectivity index is 2.60. The van der Waals surface area contributed by atoms with Gasteiger partial charge >= 0.3 is 0 Å². The van der Waals surface area contributed by atoms with Crippen molar-refractivity contribution in [3.05, 3.63) is 22.8 Å². The fourth-order valence-corrected chi connectivity index (χ4v) is 1.21. The van der Waals surface area contributed by atoms with Gasteiger partial charge in [0.05, 0.1) is 10.1 Å². The molecular formula is C9H13BrN2O. The Morgan fingerprint density at radius 1 is 1.62 bits per heavy atom. The molecule has 1 aromatic rings. The number of anilines is 1. The van der Waals surface area contributed by atoms with Gasteiger partial charge in [-0.1, -0.05) is 0 Å². The lowest BCUT2D eigenvalue weighted by atomic mass is 10.1. The molecule has 13 heavy (non-hydrogen) atoms.